The minimum Gasteiger partial charge on any atom is -0.507 e. The molecule has 0 amide bonds. The fourth-order valence-corrected chi connectivity index (χ4v) is 4.51. The Bertz CT molecular complexity index is 1530. The summed E-state index contributed by atoms with van der Waals surface area (Å²) in [5, 5.41) is 53.2. The molecular formula is C25H22O11. The van der Waals surface area contributed by atoms with E-state index in [9.17, 15) is 39.9 Å². The number of hydrogen-bond donors (Lipinski definition) is 5. The lowest BCUT2D eigenvalue weighted by Gasteiger charge is -2.25. The van der Waals surface area contributed by atoms with Gasteiger partial charge < -0.3 is 39.1 Å². The molecule has 0 saturated carbocycles. The third-order valence-corrected chi connectivity index (χ3v) is 6.04. The van der Waals surface area contributed by atoms with Gasteiger partial charge in [-0.1, -0.05) is 0 Å². The Hall–Kier alpha value is -4.51. The van der Waals surface area contributed by atoms with Gasteiger partial charge in [0.1, 0.15) is 45.3 Å². The van der Waals surface area contributed by atoms with Crippen LogP contribution in [0.25, 0.3) is 21.5 Å². The van der Waals surface area contributed by atoms with Crippen molar-refractivity contribution in [3.8, 4) is 23.0 Å². The van der Waals surface area contributed by atoms with E-state index in [1.165, 1.54) is 26.0 Å². The molecule has 0 bridgehead atoms. The van der Waals surface area contributed by atoms with Gasteiger partial charge >= 0.3 is 17.2 Å². The van der Waals surface area contributed by atoms with Gasteiger partial charge in [-0.2, -0.15) is 0 Å². The first-order valence-corrected chi connectivity index (χ1v) is 10.7. The Morgan fingerprint density at radius 3 is 1.61 bits per heavy atom. The van der Waals surface area contributed by atoms with Crippen molar-refractivity contribution >= 4 is 27.5 Å². The molecule has 11 heteroatoms. The quantitative estimate of drug-likeness (QED) is 0.263. The molecule has 0 aliphatic rings. The largest absolute Gasteiger partial charge is 0.507 e. The van der Waals surface area contributed by atoms with Crippen molar-refractivity contribution in [2.24, 2.45) is 0 Å². The highest BCUT2D eigenvalue weighted by Gasteiger charge is 2.34. The average molecular weight is 498 g/mol. The first kappa shape index (κ1) is 24.6. The van der Waals surface area contributed by atoms with Gasteiger partial charge in [0.2, 0.25) is 0 Å². The van der Waals surface area contributed by atoms with Crippen LogP contribution in [0.4, 0.5) is 0 Å². The Morgan fingerprint density at radius 2 is 1.25 bits per heavy atom. The number of hydrogen-bond acceptors (Lipinski definition) is 10. The Labute approximate surface area is 202 Å². The van der Waals surface area contributed by atoms with Gasteiger partial charge in [-0.05, 0) is 55.3 Å². The van der Waals surface area contributed by atoms with Crippen molar-refractivity contribution in [1.82, 2.24) is 0 Å². The van der Waals surface area contributed by atoms with Gasteiger partial charge in [-0.3, -0.25) is 0 Å². The summed E-state index contributed by atoms with van der Waals surface area (Å²) in [6, 6.07) is 5.14. The van der Waals surface area contributed by atoms with Crippen LogP contribution in [0.15, 0.2) is 42.7 Å². The van der Waals surface area contributed by atoms with Gasteiger partial charge in [0.05, 0.1) is 0 Å². The fourth-order valence-electron chi connectivity index (χ4n) is 4.51. The third kappa shape index (κ3) is 3.99. The normalized spacial score (nSPS) is 12.4. The predicted molar refractivity (Wildman–Crippen MR) is 126 cm³/mol. The topological polar surface area (TPSA) is 188 Å². The fraction of sp³-hybridized carbons (Fsp3) is 0.240. The zero-order valence-corrected chi connectivity index (χ0v) is 19.4. The smallest absolute Gasteiger partial charge is 0.347 e. The third-order valence-electron chi connectivity index (χ3n) is 6.04. The SMILES string of the molecule is CO[C@H](CC(c1c(O)cc2cc(C)oc(=O)c2c1O)c1c(O)cc2cc(C)oc(=O)c2c1O)C(=O)O. The minimum absolute atomic E-state index is 0.144. The zero-order chi connectivity index (χ0) is 26.5. The van der Waals surface area contributed by atoms with E-state index in [1.807, 2.05) is 0 Å². The first-order valence-electron chi connectivity index (χ1n) is 10.7. The summed E-state index contributed by atoms with van der Waals surface area (Å²) < 4.78 is 15.1. The first-order chi connectivity index (χ1) is 16.9. The molecule has 0 unspecified atom stereocenters. The standard InChI is InChI=1S/C25H22O11/c1-9-4-11-6-14(26)19(21(28)17(11)24(32)35-9)13(8-16(34-3)23(30)31)20-15(27)7-12-5-10(2)36-25(33)18(12)22(20)29/h4-7,13,16,26-29H,8H2,1-3H3,(H,30,31)/t16-/m1/s1. The van der Waals surface area contributed by atoms with Gasteiger partial charge in [-0.25, -0.2) is 14.4 Å². The molecule has 1 atom stereocenters. The molecule has 0 spiro atoms. The molecule has 2 aromatic carbocycles. The summed E-state index contributed by atoms with van der Waals surface area (Å²) in [5.74, 6) is -5.08. The van der Waals surface area contributed by atoms with Crippen molar-refractivity contribution in [2.45, 2.75) is 32.3 Å². The molecule has 2 heterocycles. The van der Waals surface area contributed by atoms with Crippen LogP contribution in [0.2, 0.25) is 0 Å². The monoisotopic (exact) mass is 498 g/mol. The molecule has 36 heavy (non-hydrogen) atoms. The van der Waals surface area contributed by atoms with Crippen LogP contribution in [-0.4, -0.2) is 44.7 Å². The highest BCUT2D eigenvalue weighted by atomic mass is 16.5. The zero-order valence-electron chi connectivity index (χ0n) is 19.4. The number of ether oxygens (including phenoxy) is 1. The van der Waals surface area contributed by atoms with Crippen LogP contribution in [-0.2, 0) is 9.53 Å². The summed E-state index contributed by atoms with van der Waals surface area (Å²) in [5.41, 5.74) is -2.62. The number of methoxy groups -OCH3 is 1. The molecule has 0 aliphatic heterocycles. The molecule has 2 aromatic heterocycles. The second kappa shape index (κ2) is 8.93. The summed E-state index contributed by atoms with van der Waals surface area (Å²) in [6.07, 6.45) is -2.07. The molecule has 11 nitrogen and oxygen atoms in total. The van der Waals surface area contributed by atoms with Crippen LogP contribution in [0, 0.1) is 13.8 Å². The molecule has 0 fully saturated rings. The van der Waals surface area contributed by atoms with Crippen LogP contribution in [0.3, 0.4) is 0 Å². The van der Waals surface area contributed by atoms with E-state index in [4.69, 9.17) is 13.6 Å². The maximum atomic E-state index is 12.5. The predicted octanol–water partition coefficient (Wildman–Crippen LogP) is 2.96. The van der Waals surface area contributed by atoms with Crippen LogP contribution in [0.5, 0.6) is 23.0 Å². The Balaban J connectivity index is 2.11. The lowest BCUT2D eigenvalue weighted by molar-refractivity contribution is -0.149. The van der Waals surface area contributed by atoms with E-state index in [0.29, 0.717) is 0 Å². The summed E-state index contributed by atoms with van der Waals surface area (Å²) in [7, 11) is 1.12. The molecule has 0 saturated heterocycles. The Kier molecular flexibility index (Phi) is 6.10. The second-order valence-electron chi connectivity index (χ2n) is 8.38. The molecule has 0 radical (unpaired) electrons. The number of carboxylic acid groups (broad SMARTS) is 1. The van der Waals surface area contributed by atoms with Gasteiger partial charge in [0.15, 0.2) is 6.10 Å². The van der Waals surface area contributed by atoms with Gasteiger partial charge in [0.25, 0.3) is 0 Å². The number of fused-ring (bicyclic) bond motifs is 2. The lowest BCUT2D eigenvalue weighted by atomic mass is 9.82. The van der Waals surface area contributed by atoms with Crippen molar-refractivity contribution in [3.05, 3.63) is 67.8 Å². The minimum atomic E-state index is -1.54. The van der Waals surface area contributed by atoms with Gasteiger partial charge in [0, 0.05) is 24.2 Å². The number of aliphatic carboxylic acids is 1. The lowest BCUT2D eigenvalue weighted by Crippen LogP contribution is -2.25. The van der Waals surface area contributed by atoms with Crippen molar-refractivity contribution in [1.29, 1.82) is 0 Å². The number of carboxylic acids is 1. The van der Waals surface area contributed by atoms with Crippen molar-refractivity contribution in [3.63, 3.8) is 0 Å². The Morgan fingerprint density at radius 1 is 0.833 bits per heavy atom. The highest BCUT2D eigenvalue weighted by molar-refractivity contribution is 5.93. The molecule has 5 N–H and O–H groups in total. The second-order valence-corrected chi connectivity index (χ2v) is 8.38. The summed E-state index contributed by atoms with van der Waals surface area (Å²) in [4.78, 5) is 36.8. The van der Waals surface area contributed by atoms with Crippen LogP contribution in [0.1, 0.15) is 35.0 Å². The van der Waals surface area contributed by atoms with Crippen molar-refractivity contribution in [2.75, 3.05) is 7.11 Å². The molecule has 4 aromatic rings. The number of carbonyl (C=O) groups is 1. The van der Waals surface area contributed by atoms with E-state index >= 15 is 0 Å². The average Bonchev–Trinajstić information content (AvgIpc) is 2.74. The summed E-state index contributed by atoms with van der Waals surface area (Å²) in [6.45, 7) is 3.00. The number of rotatable bonds is 6. The maximum Gasteiger partial charge on any atom is 0.347 e. The van der Waals surface area contributed by atoms with Crippen molar-refractivity contribution < 1.29 is 43.9 Å². The van der Waals surface area contributed by atoms with E-state index < -0.39 is 58.7 Å². The number of benzene rings is 2. The number of aromatic hydroxyl groups is 4. The van der Waals surface area contributed by atoms with Crippen LogP contribution < -0.4 is 11.3 Å². The number of phenolic OH excluding ortho intramolecular Hbond substituents is 4. The maximum absolute atomic E-state index is 12.5. The van der Waals surface area contributed by atoms with E-state index in [1.54, 1.807) is 0 Å². The van der Waals surface area contributed by atoms with E-state index in [2.05, 4.69) is 0 Å². The molecule has 0 aliphatic carbocycles. The molecular weight excluding hydrogens is 476 g/mol. The molecule has 4 rings (SSSR count). The highest BCUT2D eigenvalue weighted by Crippen LogP contribution is 2.50. The van der Waals surface area contributed by atoms with E-state index in [-0.39, 0.29) is 44.2 Å². The number of aryl methyl sites for hydroxylation is 2. The number of phenols is 4. The van der Waals surface area contributed by atoms with E-state index in [0.717, 1.165) is 19.2 Å². The van der Waals surface area contributed by atoms with Crippen LogP contribution >= 0.6 is 0 Å². The van der Waals surface area contributed by atoms with Gasteiger partial charge in [-0.15, -0.1) is 0 Å². The summed E-state index contributed by atoms with van der Waals surface area (Å²) >= 11 is 0. The molecule has 188 valence electrons.